The van der Waals surface area contributed by atoms with Gasteiger partial charge in [-0.05, 0) is 42.3 Å². The van der Waals surface area contributed by atoms with Crippen LogP contribution in [0.15, 0.2) is 71.8 Å². The van der Waals surface area contributed by atoms with Crippen molar-refractivity contribution in [2.45, 2.75) is 20.1 Å². The zero-order valence-electron chi connectivity index (χ0n) is 15.0. The highest BCUT2D eigenvalue weighted by atomic mass is 35.5. The molecule has 5 heteroatoms. The SMILES string of the molecule is Cc1ccc(COc2ccc(Cl)cc2/C=N\NCc2ccccc2Cl)cc1. The lowest BCUT2D eigenvalue weighted by atomic mass is 10.1. The van der Waals surface area contributed by atoms with Crippen molar-refractivity contribution in [2.75, 3.05) is 0 Å². The Hall–Kier alpha value is -2.49. The first-order valence-corrected chi connectivity index (χ1v) is 9.34. The van der Waals surface area contributed by atoms with E-state index in [1.807, 2.05) is 36.4 Å². The van der Waals surface area contributed by atoms with Crippen LogP contribution >= 0.6 is 23.2 Å². The maximum Gasteiger partial charge on any atom is 0.128 e. The fourth-order valence-electron chi connectivity index (χ4n) is 2.48. The zero-order valence-corrected chi connectivity index (χ0v) is 16.5. The lowest BCUT2D eigenvalue weighted by Gasteiger charge is -2.10. The van der Waals surface area contributed by atoms with Gasteiger partial charge in [0.05, 0.1) is 12.8 Å². The first kappa shape index (κ1) is 19.3. The van der Waals surface area contributed by atoms with E-state index in [-0.39, 0.29) is 0 Å². The minimum atomic E-state index is 0.482. The second-order valence-electron chi connectivity index (χ2n) is 6.14. The van der Waals surface area contributed by atoms with Crippen LogP contribution in [-0.2, 0) is 13.2 Å². The van der Waals surface area contributed by atoms with E-state index in [2.05, 4.69) is 41.7 Å². The molecule has 0 radical (unpaired) electrons. The molecular weight excluding hydrogens is 379 g/mol. The van der Waals surface area contributed by atoms with E-state index < -0.39 is 0 Å². The predicted molar refractivity (Wildman–Crippen MR) is 113 cm³/mol. The highest BCUT2D eigenvalue weighted by Crippen LogP contribution is 2.22. The maximum atomic E-state index is 6.15. The Morgan fingerprint density at radius 2 is 1.78 bits per heavy atom. The quantitative estimate of drug-likeness (QED) is 0.390. The van der Waals surface area contributed by atoms with Crippen LogP contribution in [0.5, 0.6) is 5.75 Å². The molecule has 0 heterocycles. The molecule has 3 aromatic carbocycles. The number of hydrogen-bond acceptors (Lipinski definition) is 3. The van der Waals surface area contributed by atoms with Crippen molar-refractivity contribution >= 4 is 29.4 Å². The second kappa shape index (κ2) is 9.45. The van der Waals surface area contributed by atoms with E-state index in [4.69, 9.17) is 27.9 Å². The normalized spacial score (nSPS) is 10.9. The number of halogens is 2. The maximum absolute atomic E-state index is 6.15. The van der Waals surface area contributed by atoms with Crippen LogP contribution in [0, 0.1) is 6.92 Å². The van der Waals surface area contributed by atoms with Crippen molar-refractivity contribution in [3.8, 4) is 5.75 Å². The predicted octanol–water partition coefficient (Wildman–Crippen LogP) is 6.00. The summed E-state index contributed by atoms with van der Waals surface area (Å²) in [6.07, 6.45) is 1.70. The Balaban J connectivity index is 1.64. The van der Waals surface area contributed by atoms with Gasteiger partial charge < -0.3 is 10.2 Å². The molecule has 0 aliphatic heterocycles. The third-order valence-corrected chi connectivity index (χ3v) is 4.61. The van der Waals surface area contributed by atoms with Gasteiger partial charge in [0, 0.05) is 15.6 Å². The van der Waals surface area contributed by atoms with Gasteiger partial charge in [-0.15, -0.1) is 0 Å². The first-order chi connectivity index (χ1) is 13.1. The van der Waals surface area contributed by atoms with Crippen LogP contribution in [0.3, 0.4) is 0 Å². The Bertz CT molecular complexity index is 924. The monoisotopic (exact) mass is 398 g/mol. The molecule has 0 unspecified atom stereocenters. The molecule has 3 rings (SSSR count). The summed E-state index contributed by atoms with van der Waals surface area (Å²) in [5.74, 6) is 0.725. The molecule has 0 fully saturated rings. The van der Waals surface area contributed by atoms with Gasteiger partial charge in [-0.1, -0.05) is 71.2 Å². The van der Waals surface area contributed by atoms with E-state index in [0.717, 1.165) is 22.4 Å². The van der Waals surface area contributed by atoms with Crippen LogP contribution in [0.25, 0.3) is 0 Å². The molecule has 0 aliphatic rings. The lowest BCUT2D eigenvalue weighted by molar-refractivity contribution is 0.306. The minimum Gasteiger partial charge on any atom is -0.488 e. The van der Waals surface area contributed by atoms with Crippen LogP contribution < -0.4 is 10.2 Å². The molecule has 0 amide bonds. The number of aryl methyl sites for hydroxylation is 1. The number of nitrogens with zero attached hydrogens (tertiary/aromatic N) is 1. The molecule has 3 aromatic rings. The van der Waals surface area contributed by atoms with E-state index in [9.17, 15) is 0 Å². The van der Waals surface area contributed by atoms with Crippen molar-refractivity contribution in [2.24, 2.45) is 5.10 Å². The fraction of sp³-hybridized carbons (Fsp3) is 0.136. The highest BCUT2D eigenvalue weighted by Gasteiger charge is 2.04. The van der Waals surface area contributed by atoms with Crippen LogP contribution in [-0.4, -0.2) is 6.21 Å². The number of hydrogen-bond donors (Lipinski definition) is 1. The van der Waals surface area contributed by atoms with Gasteiger partial charge in [0.15, 0.2) is 0 Å². The molecule has 0 spiro atoms. The standard InChI is InChI=1S/C22H20Cl2N2O/c1-16-6-8-17(9-7-16)15-27-22-11-10-20(23)12-19(22)14-26-25-13-18-4-2-3-5-21(18)24/h2-12,14,25H,13,15H2,1H3/b26-14-. The minimum absolute atomic E-state index is 0.482. The average molecular weight is 399 g/mol. The summed E-state index contributed by atoms with van der Waals surface area (Å²) >= 11 is 12.3. The zero-order chi connectivity index (χ0) is 19.1. The third-order valence-electron chi connectivity index (χ3n) is 4.01. The molecule has 27 heavy (non-hydrogen) atoms. The van der Waals surface area contributed by atoms with Gasteiger partial charge in [-0.25, -0.2) is 0 Å². The summed E-state index contributed by atoms with van der Waals surface area (Å²) in [6.45, 7) is 3.08. The number of hydrazone groups is 1. The molecule has 1 N–H and O–H groups in total. The molecular formula is C22H20Cl2N2O. The van der Waals surface area contributed by atoms with Gasteiger partial charge in [-0.3, -0.25) is 0 Å². The van der Waals surface area contributed by atoms with Gasteiger partial charge >= 0.3 is 0 Å². The van der Waals surface area contributed by atoms with Crippen molar-refractivity contribution in [3.05, 3.63) is 99.0 Å². The molecule has 138 valence electrons. The fourth-order valence-corrected chi connectivity index (χ4v) is 2.87. The summed E-state index contributed by atoms with van der Waals surface area (Å²) in [4.78, 5) is 0. The van der Waals surface area contributed by atoms with Crippen LogP contribution in [0.1, 0.15) is 22.3 Å². The number of ether oxygens (including phenoxy) is 1. The Kier molecular flexibility index (Phi) is 6.74. The topological polar surface area (TPSA) is 33.6 Å². The van der Waals surface area contributed by atoms with Crippen molar-refractivity contribution in [1.29, 1.82) is 0 Å². The molecule has 0 aromatic heterocycles. The van der Waals surface area contributed by atoms with Gasteiger partial charge in [0.1, 0.15) is 12.4 Å². The van der Waals surface area contributed by atoms with Gasteiger partial charge in [-0.2, -0.15) is 5.10 Å². The average Bonchev–Trinajstić information content (AvgIpc) is 2.67. The molecule has 3 nitrogen and oxygen atoms in total. The van der Waals surface area contributed by atoms with E-state index in [1.165, 1.54) is 5.56 Å². The Morgan fingerprint density at radius 3 is 2.56 bits per heavy atom. The first-order valence-electron chi connectivity index (χ1n) is 8.59. The summed E-state index contributed by atoms with van der Waals surface area (Å²) in [5.41, 5.74) is 7.13. The molecule has 0 saturated heterocycles. The van der Waals surface area contributed by atoms with E-state index in [0.29, 0.717) is 23.2 Å². The van der Waals surface area contributed by atoms with E-state index in [1.54, 1.807) is 12.3 Å². The summed E-state index contributed by atoms with van der Waals surface area (Å²) in [6, 6.07) is 21.4. The summed E-state index contributed by atoms with van der Waals surface area (Å²) in [7, 11) is 0. The number of nitrogens with one attached hydrogen (secondary N) is 1. The van der Waals surface area contributed by atoms with Crippen molar-refractivity contribution < 1.29 is 4.74 Å². The largest absolute Gasteiger partial charge is 0.488 e. The second-order valence-corrected chi connectivity index (χ2v) is 6.98. The molecule has 0 bridgehead atoms. The van der Waals surface area contributed by atoms with Crippen LogP contribution in [0.4, 0.5) is 0 Å². The molecule has 0 saturated carbocycles. The van der Waals surface area contributed by atoms with Gasteiger partial charge in [0.2, 0.25) is 0 Å². The van der Waals surface area contributed by atoms with Crippen LogP contribution in [0.2, 0.25) is 10.0 Å². The third kappa shape index (κ3) is 5.75. The molecule has 0 aliphatic carbocycles. The Morgan fingerprint density at radius 1 is 1.00 bits per heavy atom. The number of rotatable bonds is 7. The number of benzene rings is 3. The van der Waals surface area contributed by atoms with Gasteiger partial charge in [0.25, 0.3) is 0 Å². The lowest BCUT2D eigenvalue weighted by Crippen LogP contribution is -2.06. The smallest absolute Gasteiger partial charge is 0.128 e. The van der Waals surface area contributed by atoms with Crippen molar-refractivity contribution in [1.82, 2.24) is 5.43 Å². The highest BCUT2D eigenvalue weighted by molar-refractivity contribution is 6.31. The molecule has 0 atom stereocenters. The van der Waals surface area contributed by atoms with E-state index >= 15 is 0 Å². The van der Waals surface area contributed by atoms with Crippen molar-refractivity contribution in [3.63, 3.8) is 0 Å². The summed E-state index contributed by atoms with van der Waals surface area (Å²) < 4.78 is 5.95. The summed E-state index contributed by atoms with van der Waals surface area (Å²) in [5, 5.41) is 5.62. The Labute approximate surface area is 169 Å².